The third kappa shape index (κ3) is 2.96. The summed E-state index contributed by atoms with van der Waals surface area (Å²) in [5, 5.41) is 3.03. The first-order valence-corrected chi connectivity index (χ1v) is 5.19. The van der Waals surface area contributed by atoms with Crippen molar-refractivity contribution in [1.29, 1.82) is 0 Å². The molecule has 0 radical (unpaired) electrons. The summed E-state index contributed by atoms with van der Waals surface area (Å²) < 4.78 is 18.1. The lowest BCUT2D eigenvalue weighted by Gasteiger charge is -2.11. The molecule has 2 nitrogen and oxygen atoms in total. The van der Waals surface area contributed by atoms with Gasteiger partial charge in [-0.05, 0) is 29.0 Å². The van der Waals surface area contributed by atoms with Crippen molar-refractivity contribution < 1.29 is 9.13 Å². The summed E-state index contributed by atoms with van der Waals surface area (Å²) in [6.07, 6.45) is 0. The Morgan fingerprint density at radius 3 is 2.93 bits per heavy atom. The molecule has 0 bridgehead atoms. The summed E-state index contributed by atoms with van der Waals surface area (Å²) in [6, 6.07) is 5.76. The molecule has 0 aliphatic rings. The maximum Gasteiger partial charge on any atom is 0.138 e. The standard InChI is InChI=1S/C10H13BrFNO/c1-13-7-8-3-2-4-9(11)10(8)14-6-5-12/h2-4,13H,5-7H2,1H3. The van der Waals surface area contributed by atoms with Gasteiger partial charge < -0.3 is 10.1 Å². The van der Waals surface area contributed by atoms with Crippen LogP contribution in [0.25, 0.3) is 0 Å². The number of rotatable bonds is 5. The first-order valence-electron chi connectivity index (χ1n) is 4.40. The topological polar surface area (TPSA) is 21.3 Å². The summed E-state index contributed by atoms with van der Waals surface area (Å²) >= 11 is 3.37. The number of alkyl halides is 1. The van der Waals surface area contributed by atoms with E-state index in [1.807, 2.05) is 25.2 Å². The van der Waals surface area contributed by atoms with Crippen molar-refractivity contribution >= 4 is 15.9 Å². The van der Waals surface area contributed by atoms with Crippen molar-refractivity contribution in [3.8, 4) is 5.75 Å². The van der Waals surface area contributed by atoms with Crippen LogP contribution in [0.5, 0.6) is 5.75 Å². The molecule has 0 aliphatic carbocycles. The Labute approximate surface area is 91.6 Å². The number of nitrogens with one attached hydrogen (secondary N) is 1. The highest BCUT2D eigenvalue weighted by Gasteiger charge is 2.06. The number of ether oxygens (including phenoxy) is 1. The Bertz CT molecular complexity index is 293. The number of hydrogen-bond donors (Lipinski definition) is 1. The molecule has 0 aromatic heterocycles. The predicted molar refractivity (Wildman–Crippen MR) is 58.4 cm³/mol. The van der Waals surface area contributed by atoms with Crippen molar-refractivity contribution in [2.45, 2.75) is 6.54 Å². The van der Waals surface area contributed by atoms with Gasteiger partial charge in [-0.2, -0.15) is 0 Å². The van der Waals surface area contributed by atoms with Gasteiger partial charge in [0.05, 0.1) is 4.47 Å². The zero-order chi connectivity index (χ0) is 10.4. The van der Waals surface area contributed by atoms with Crippen molar-refractivity contribution in [1.82, 2.24) is 5.32 Å². The van der Waals surface area contributed by atoms with E-state index in [9.17, 15) is 4.39 Å². The van der Waals surface area contributed by atoms with E-state index in [2.05, 4.69) is 21.2 Å². The maximum absolute atomic E-state index is 12.0. The third-order valence-corrected chi connectivity index (χ3v) is 2.36. The van der Waals surface area contributed by atoms with Crippen LogP contribution < -0.4 is 10.1 Å². The lowest BCUT2D eigenvalue weighted by Crippen LogP contribution is -2.09. The molecule has 0 unspecified atom stereocenters. The normalized spacial score (nSPS) is 10.2. The van der Waals surface area contributed by atoms with E-state index < -0.39 is 6.67 Å². The van der Waals surface area contributed by atoms with Gasteiger partial charge in [0.2, 0.25) is 0 Å². The van der Waals surface area contributed by atoms with E-state index in [0.717, 1.165) is 15.8 Å². The second-order valence-corrected chi connectivity index (χ2v) is 3.65. The van der Waals surface area contributed by atoms with Gasteiger partial charge in [0.25, 0.3) is 0 Å². The fraction of sp³-hybridized carbons (Fsp3) is 0.400. The van der Waals surface area contributed by atoms with Crippen molar-refractivity contribution in [3.05, 3.63) is 28.2 Å². The molecule has 0 aliphatic heterocycles. The minimum absolute atomic E-state index is 0.0966. The molecule has 1 aromatic rings. The summed E-state index contributed by atoms with van der Waals surface area (Å²) in [7, 11) is 1.86. The largest absolute Gasteiger partial charge is 0.489 e. The van der Waals surface area contributed by atoms with Gasteiger partial charge in [0.1, 0.15) is 19.0 Å². The Morgan fingerprint density at radius 1 is 1.50 bits per heavy atom. The Balaban J connectivity index is 2.84. The van der Waals surface area contributed by atoms with Crippen LogP contribution in [0.15, 0.2) is 22.7 Å². The van der Waals surface area contributed by atoms with E-state index in [1.54, 1.807) is 0 Å². The molecule has 0 saturated heterocycles. The number of halogens is 2. The van der Waals surface area contributed by atoms with Crippen molar-refractivity contribution in [2.75, 3.05) is 20.3 Å². The van der Waals surface area contributed by atoms with Crippen molar-refractivity contribution in [2.24, 2.45) is 0 Å². The van der Waals surface area contributed by atoms with Gasteiger partial charge in [-0.3, -0.25) is 0 Å². The average Bonchev–Trinajstić information content (AvgIpc) is 2.18. The molecule has 78 valence electrons. The number of benzene rings is 1. The average molecular weight is 262 g/mol. The highest BCUT2D eigenvalue weighted by atomic mass is 79.9. The monoisotopic (exact) mass is 261 g/mol. The number of para-hydroxylation sites is 1. The predicted octanol–water partition coefficient (Wildman–Crippen LogP) is 2.52. The van der Waals surface area contributed by atoms with E-state index in [4.69, 9.17) is 4.74 Å². The molecule has 1 N–H and O–H groups in total. The SMILES string of the molecule is CNCc1cccc(Br)c1OCCF. The van der Waals surface area contributed by atoms with Gasteiger partial charge in [-0.1, -0.05) is 12.1 Å². The zero-order valence-electron chi connectivity index (χ0n) is 8.02. The molecular formula is C10H13BrFNO. The maximum atomic E-state index is 12.0. The fourth-order valence-corrected chi connectivity index (χ4v) is 1.71. The Hall–Kier alpha value is -0.610. The minimum Gasteiger partial charge on any atom is -0.489 e. The van der Waals surface area contributed by atoms with Crippen LogP contribution in [0, 0.1) is 0 Å². The highest BCUT2D eigenvalue weighted by Crippen LogP contribution is 2.28. The van der Waals surface area contributed by atoms with Crippen LogP contribution in [0.1, 0.15) is 5.56 Å². The molecule has 1 aromatic carbocycles. The van der Waals surface area contributed by atoms with Gasteiger partial charge in [0, 0.05) is 12.1 Å². The smallest absolute Gasteiger partial charge is 0.138 e. The summed E-state index contributed by atoms with van der Waals surface area (Å²) in [5.41, 5.74) is 1.02. The number of hydrogen-bond acceptors (Lipinski definition) is 2. The van der Waals surface area contributed by atoms with Gasteiger partial charge >= 0.3 is 0 Å². The van der Waals surface area contributed by atoms with Gasteiger partial charge in [-0.15, -0.1) is 0 Å². The molecule has 14 heavy (non-hydrogen) atoms. The lowest BCUT2D eigenvalue weighted by molar-refractivity contribution is 0.269. The second-order valence-electron chi connectivity index (χ2n) is 2.80. The molecule has 0 heterocycles. The quantitative estimate of drug-likeness (QED) is 0.880. The van der Waals surface area contributed by atoms with Crippen LogP contribution >= 0.6 is 15.9 Å². The molecule has 0 saturated carbocycles. The molecule has 0 atom stereocenters. The first kappa shape index (κ1) is 11.5. The lowest BCUT2D eigenvalue weighted by atomic mass is 10.2. The summed E-state index contributed by atoms with van der Waals surface area (Å²) in [6.45, 7) is 0.334. The Kier molecular flexibility index (Phi) is 4.90. The third-order valence-electron chi connectivity index (χ3n) is 1.74. The molecule has 1 rings (SSSR count). The Morgan fingerprint density at radius 2 is 2.29 bits per heavy atom. The van der Waals surface area contributed by atoms with E-state index in [-0.39, 0.29) is 6.61 Å². The van der Waals surface area contributed by atoms with Crippen LogP contribution in [-0.2, 0) is 6.54 Å². The van der Waals surface area contributed by atoms with E-state index in [0.29, 0.717) is 6.54 Å². The molecule has 0 amide bonds. The zero-order valence-corrected chi connectivity index (χ0v) is 9.60. The summed E-state index contributed by atoms with van der Waals surface area (Å²) in [5.74, 6) is 0.722. The fourth-order valence-electron chi connectivity index (χ4n) is 1.19. The molecule has 4 heteroatoms. The molecule has 0 spiro atoms. The van der Waals surface area contributed by atoms with Crippen molar-refractivity contribution in [3.63, 3.8) is 0 Å². The van der Waals surface area contributed by atoms with E-state index >= 15 is 0 Å². The first-order chi connectivity index (χ1) is 6.79. The van der Waals surface area contributed by atoms with Crippen LogP contribution in [-0.4, -0.2) is 20.3 Å². The van der Waals surface area contributed by atoms with Gasteiger partial charge in [-0.25, -0.2) is 4.39 Å². The van der Waals surface area contributed by atoms with E-state index in [1.165, 1.54) is 0 Å². The minimum atomic E-state index is -0.472. The second kappa shape index (κ2) is 5.98. The van der Waals surface area contributed by atoms with Crippen LogP contribution in [0.4, 0.5) is 4.39 Å². The highest BCUT2D eigenvalue weighted by molar-refractivity contribution is 9.10. The van der Waals surface area contributed by atoms with Crippen LogP contribution in [0.2, 0.25) is 0 Å². The van der Waals surface area contributed by atoms with Crippen LogP contribution in [0.3, 0.4) is 0 Å². The summed E-state index contributed by atoms with van der Waals surface area (Å²) in [4.78, 5) is 0. The molecule has 0 fully saturated rings. The molecular weight excluding hydrogens is 249 g/mol. The van der Waals surface area contributed by atoms with Gasteiger partial charge in [0.15, 0.2) is 0 Å².